The number of aromatic nitrogens is 1. The number of hydrogen-bond acceptors (Lipinski definition) is 5. The van der Waals surface area contributed by atoms with Crippen LogP contribution in [0.3, 0.4) is 0 Å². The number of thiazole rings is 1. The maximum Gasteiger partial charge on any atom is 0.211 e. The van der Waals surface area contributed by atoms with Gasteiger partial charge in [-0.2, -0.15) is 0 Å². The number of aryl methyl sites for hydroxylation is 1. The zero-order chi connectivity index (χ0) is 18.3. The van der Waals surface area contributed by atoms with Crippen LogP contribution >= 0.6 is 11.3 Å². The van der Waals surface area contributed by atoms with Crippen molar-refractivity contribution in [1.29, 1.82) is 0 Å². The number of piperidine rings is 1. The summed E-state index contributed by atoms with van der Waals surface area (Å²) in [6, 6.07) is 0. The molecule has 0 aromatic carbocycles. The molecule has 0 spiro atoms. The van der Waals surface area contributed by atoms with E-state index in [1.807, 2.05) is 13.1 Å². The van der Waals surface area contributed by atoms with Crippen LogP contribution in [0.25, 0.3) is 0 Å². The first-order chi connectivity index (χ1) is 11.9. The van der Waals surface area contributed by atoms with E-state index in [0.29, 0.717) is 25.6 Å². The van der Waals surface area contributed by atoms with Crippen LogP contribution in [-0.2, 0) is 23.0 Å². The van der Waals surface area contributed by atoms with Gasteiger partial charge in [-0.25, -0.2) is 22.7 Å². The molecule has 2 heterocycles. The van der Waals surface area contributed by atoms with Gasteiger partial charge >= 0.3 is 0 Å². The number of sulfonamides is 1. The maximum absolute atomic E-state index is 11.6. The summed E-state index contributed by atoms with van der Waals surface area (Å²) in [5.41, 5.74) is 0. The molecule has 2 N–H and O–H groups in total. The van der Waals surface area contributed by atoms with Gasteiger partial charge in [-0.05, 0) is 32.1 Å². The summed E-state index contributed by atoms with van der Waals surface area (Å²) in [5, 5.41) is 7.66. The van der Waals surface area contributed by atoms with E-state index in [9.17, 15) is 8.42 Å². The predicted octanol–water partition coefficient (Wildman–Crippen LogP) is 1.43. The van der Waals surface area contributed by atoms with Gasteiger partial charge in [-0.1, -0.05) is 6.92 Å². The van der Waals surface area contributed by atoms with Crippen molar-refractivity contribution in [2.24, 2.45) is 10.9 Å². The van der Waals surface area contributed by atoms with Crippen molar-refractivity contribution >= 4 is 27.3 Å². The summed E-state index contributed by atoms with van der Waals surface area (Å²) < 4.78 is 24.7. The molecule has 0 radical (unpaired) electrons. The van der Waals surface area contributed by atoms with Gasteiger partial charge < -0.3 is 10.6 Å². The molecule has 1 saturated heterocycles. The summed E-state index contributed by atoms with van der Waals surface area (Å²) in [6.45, 7) is 7.57. The monoisotopic (exact) mass is 387 g/mol. The predicted molar refractivity (Wildman–Crippen MR) is 103 cm³/mol. The number of nitrogens with one attached hydrogen (secondary N) is 2. The second-order valence-electron chi connectivity index (χ2n) is 6.26. The minimum atomic E-state index is -3.06. The topological polar surface area (TPSA) is 86.7 Å². The smallest absolute Gasteiger partial charge is 0.211 e. The zero-order valence-electron chi connectivity index (χ0n) is 15.3. The summed E-state index contributed by atoms with van der Waals surface area (Å²) >= 11 is 1.71. The molecule has 1 fully saturated rings. The largest absolute Gasteiger partial charge is 0.357 e. The van der Waals surface area contributed by atoms with Gasteiger partial charge in [0.1, 0.15) is 5.01 Å². The molecular formula is C16H29N5O2S2. The summed E-state index contributed by atoms with van der Waals surface area (Å²) in [7, 11) is -3.06. The second kappa shape index (κ2) is 9.49. The summed E-state index contributed by atoms with van der Waals surface area (Å²) in [6.07, 6.45) is 5.97. The Balaban J connectivity index is 1.82. The van der Waals surface area contributed by atoms with E-state index in [-0.39, 0.29) is 0 Å². The highest BCUT2D eigenvalue weighted by atomic mass is 32.2. The van der Waals surface area contributed by atoms with E-state index in [4.69, 9.17) is 0 Å². The zero-order valence-corrected chi connectivity index (χ0v) is 16.9. The van der Waals surface area contributed by atoms with E-state index < -0.39 is 10.0 Å². The van der Waals surface area contributed by atoms with Crippen LogP contribution in [0.15, 0.2) is 11.2 Å². The van der Waals surface area contributed by atoms with Crippen molar-refractivity contribution in [3.63, 3.8) is 0 Å². The lowest BCUT2D eigenvalue weighted by Crippen LogP contribution is -2.44. The van der Waals surface area contributed by atoms with Gasteiger partial charge in [0.05, 0.1) is 12.8 Å². The average molecular weight is 388 g/mol. The molecule has 1 aliphatic heterocycles. The Labute approximate surface area is 155 Å². The molecule has 1 aliphatic rings. The van der Waals surface area contributed by atoms with Gasteiger partial charge in [-0.3, -0.25) is 0 Å². The molecule has 1 aromatic heterocycles. The molecule has 7 nitrogen and oxygen atoms in total. The Morgan fingerprint density at radius 1 is 1.36 bits per heavy atom. The fourth-order valence-electron chi connectivity index (χ4n) is 2.76. The van der Waals surface area contributed by atoms with Crippen molar-refractivity contribution in [1.82, 2.24) is 19.9 Å². The fourth-order valence-corrected chi connectivity index (χ4v) is 4.42. The van der Waals surface area contributed by atoms with Crippen molar-refractivity contribution < 1.29 is 8.42 Å². The molecule has 142 valence electrons. The molecule has 1 aromatic rings. The molecule has 0 unspecified atom stereocenters. The molecule has 2 rings (SSSR count). The van der Waals surface area contributed by atoms with E-state index in [1.165, 1.54) is 11.1 Å². The van der Waals surface area contributed by atoms with Crippen LogP contribution in [-0.4, -0.2) is 56.1 Å². The number of nitrogens with zero attached hydrogens (tertiary/aromatic N) is 3. The quantitative estimate of drug-likeness (QED) is 0.546. The molecule has 9 heteroatoms. The first-order valence-corrected chi connectivity index (χ1v) is 11.5. The fraction of sp³-hybridized carbons (Fsp3) is 0.750. The van der Waals surface area contributed by atoms with Crippen LogP contribution in [0.4, 0.5) is 0 Å². The molecule has 25 heavy (non-hydrogen) atoms. The van der Waals surface area contributed by atoms with Crippen molar-refractivity contribution in [2.45, 2.75) is 39.7 Å². The van der Waals surface area contributed by atoms with Gasteiger partial charge in [0.25, 0.3) is 0 Å². The Bertz CT molecular complexity index is 664. The molecule has 0 bridgehead atoms. The van der Waals surface area contributed by atoms with Crippen LogP contribution in [0.1, 0.15) is 36.6 Å². The third-order valence-corrected chi connectivity index (χ3v) is 6.70. The SMILES string of the molecule is CCNC(=NCc1ncc(CC)s1)NCC1CCN(S(C)(=O)=O)CC1. The number of rotatable bonds is 7. The van der Waals surface area contributed by atoms with E-state index in [2.05, 4.69) is 27.5 Å². The molecule has 0 atom stereocenters. The lowest BCUT2D eigenvalue weighted by atomic mass is 9.98. The van der Waals surface area contributed by atoms with Crippen LogP contribution in [0.2, 0.25) is 0 Å². The van der Waals surface area contributed by atoms with E-state index in [0.717, 1.165) is 43.3 Å². The summed E-state index contributed by atoms with van der Waals surface area (Å²) in [5.74, 6) is 1.26. The van der Waals surface area contributed by atoms with Gasteiger partial charge in [0.15, 0.2) is 5.96 Å². The Morgan fingerprint density at radius 2 is 2.08 bits per heavy atom. The number of guanidine groups is 1. The van der Waals surface area contributed by atoms with Crippen molar-refractivity contribution in [2.75, 3.05) is 32.4 Å². The Kier molecular flexibility index (Phi) is 7.64. The Morgan fingerprint density at radius 3 is 2.64 bits per heavy atom. The highest BCUT2D eigenvalue weighted by Gasteiger charge is 2.24. The second-order valence-corrected chi connectivity index (χ2v) is 9.44. The number of hydrogen-bond donors (Lipinski definition) is 2. The molecular weight excluding hydrogens is 358 g/mol. The van der Waals surface area contributed by atoms with Crippen LogP contribution in [0.5, 0.6) is 0 Å². The van der Waals surface area contributed by atoms with E-state index in [1.54, 1.807) is 15.6 Å². The third-order valence-electron chi connectivity index (χ3n) is 4.27. The molecule has 0 saturated carbocycles. The minimum absolute atomic E-state index is 0.466. The highest BCUT2D eigenvalue weighted by Crippen LogP contribution is 2.18. The van der Waals surface area contributed by atoms with E-state index >= 15 is 0 Å². The maximum atomic E-state index is 11.6. The number of aliphatic imine (C=N–C) groups is 1. The highest BCUT2D eigenvalue weighted by molar-refractivity contribution is 7.88. The van der Waals surface area contributed by atoms with Crippen LogP contribution in [0, 0.1) is 5.92 Å². The first-order valence-electron chi connectivity index (χ1n) is 8.83. The lowest BCUT2D eigenvalue weighted by molar-refractivity contribution is 0.275. The van der Waals surface area contributed by atoms with Crippen molar-refractivity contribution in [3.8, 4) is 0 Å². The first kappa shape index (κ1) is 20.1. The van der Waals surface area contributed by atoms with Crippen LogP contribution < -0.4 is 10.6 Å². The Hall–Kier alpha value is -1.19. The molecule has 0 amide bonds. The van der Waals surface area contributed by atoms with Gasteiger partial charge in [0, 0.05) is 37.3 Å². The minimum Gasteiger partial charge on any atom is -0.357 e. The third kappa shape index (κ3) is 6.56. The van der Waals surface area contributed by atoms with Gasteiger partial charge in [-0.15, -0.1) is 11.3 Å². The normalized spacial score (nSPS) is 17.6. The summed E-state index contributed by atoms with van der Waals surface area (Å²) in [4.78, 5) is 10.3. The average Bonchev–Trinajstić information content (AvgIpc) is 3.05. The lowest BCUT2D eigenvalue weighted by Gasteiger charge is -2.30. The molecule has 0 aliphatic carbocycles. The van der Waals surface area contributed by atoms with Gasteiger partial charge in [0.2, 0.25) is 10.0 Å². The van der Waals surface area contributed by atoms with Crippen molar-refractivity contribution in [3.05, 3.63) is 16.1 Å². The standard InChI is InChI=1S/C16H29N5O2S2/c1-4-14-11-18-15(24-14)12-20-16(17-5-2)19-10-13-6-8-21(9-7-13)25(3,22)23/h11,13H,4-10,12H2,1-3H3,(H2,17,19,20).